The average molecular weight is 297 g/mol. The van der Waals surface area contributed by atoms with Crippen LogP contribution in [0.15, 0.2) is 9.64 Å². The van der Waals surface area contributed by atoms with Crippen molar-refractivity contribution in [3.8, 4) is 0 Å². The van der Waals surface area contributed by atoms with Gasteiger partial charge >= 0.3 is 0 Å². The Bertz CT molecular complexity index is 447. The predicted octanol–water partition coefficient (Wildman–Crippen LogP) is 2.97. The molecule has 1 aromatic heterocycles. The summed E-state index contributed by atoms with van der Waals surface area (Å²) in [6, 6.07) is 0. The smallest absolute Gasteiger partial charge is 0.276 e. The van der Waals surface area contributed by atoms with E-state index in [0.29, 0.717) is 35.9 Å². The van der Waals surface area contributed by atoms with E-state index in [2.05, 4.69) is 31.0 Å². The fraction of sp³-hybridized carbons (Fsp3) is 0.786. The summed E-state index contributed by atoms with van der Waals surface area (Å²) in [5.41, 5.74) is 0. The van der Waals surface area contributed by atoms with E-state index in [1.807, 2.05) is 0 Å². The van der Waals surface area contributed by atoms with Crippen molar-refractivity contribution in [1.82, 2.24) is 15.1 Å². The van der Waals surface area contributed by atoms with Crippen molar-refractivity contribution in [2.45, 2.75) is 51.8 Å². The summed E-state index contributed by atoms with van der Waals surface area (Å²) in [5, 5.41) is 8.68. The highest BCUT2D eigenvalue weighted by molar-refractivity contribution is 7.99. The first-order valence-corrected chi connectivity index (χ1v) is 8.26. The topological polar surface area (TPSA) is 59.2 Å². The largest absolute Gasteiger partial charge is 0.414 e. The molecule has 2 rings (SSSR count). The van der Waals surface area contributed by atoms with Gasteiger partial charge in [0.1, 0.15) is 0 Å². The molecule has 0 bridgehead atoms. The van der Waals surface area contributed by atoms with Gasteiger partial charge in [-0.25, -0.2) is 0 Å². The number of likely N-dealkylation sites (tertiary alicyclic amines) is 1. The van der Waals surface area contributed by atoms with Crippen molar-refractivity contribution >= 4 is 17.7 Å². The lowest BCUT2D eigenvalue weighted by Crippen LogP contribution is -2.23. The number of thioether (sulfide) groups is 1. The molecular weight excluding hydrogens is 274 g/mol. The summed E-state index contributed by atoms with van der Waals surface area (Å²) in [7, 11) is 0. The fourth-order valence-electron chi connectivity index (χ4n) is 2.48. The van der Waals surface area contributed by atoms with Crippen LogP contribution in [0, 0.1) is 11.8 Å². The third kappa shape index (κ3) is 4.51. The van der Waals surface area contributed by atoms with E-state index >= 15 is 0 Å². The lowest BCUT2D eigenvalue weighted by molar-refractivity contribution is -0.128. The molecule has 1 aliphatic rings. The zero-order valence-corrected chi connectivity index (χ0v) is 13.3. The van der Waals surface area contributed by atoms with Gasteiger partial charge < -0.3 is 9.32 Å². The van der Waals surface area contributed by atoms with Gasteiger partial charge in [-0.05, 0) is 24.7 Å². The maximum absolute atomic E-state index is 11.5. The number of hydrogen-bond acceptors (Lipinski definition) is 5. The normalized spacial score (nSPS) is 17.2. The molecule has 0 aliphatic carbocycles. The molecule has 0 saturated carbocycles. The summed E-state index contributed by atoms with van der Waals surface area (Å²) in [4.78, 5) is 13.3. The molecule has 0 radical (unpaired) electrons. The minimum absolute atomic E-state index is 0.183. The highest BCUT2D eigenvalue weighted by atomic mass is 32.2. The van der Waals surface area contributed by atoms with Gasteiger partial charge in [-0.3, -0.25) is 4.79 Å². The van der Waals surface area contributed by atoms with Gasteiger partial charge in [0.2, 0.25) is 11.8 Å². The highest BCUT2D eigenvalue weighted by Crippen LogP contribution is 2.23. The Labute approximate surface area is 124 Å². The van der Waals surface area contributed by atoms with Crippen LogP contribution < -0.4 is 0 Å². The first-order chi connectivity index (χ1) is 9.54. The Balaban J connectivity index is 1.78. The maximum Gasteiger partial charge on any atom is 0.276 e. The van der Waals surface area contributed by atoms with Crippen molar-refractivity contribution in [3.05, 3.63) is 5.89 Å². The molecule has 5 nitrogen and oxygen atoms in total. The summed E-state index contributed by atoms with van der Waals surface area (Å²) >= 11 is 1.61. The molecule has 1 unspecified atom stereocenters. The van der Waals surface area contributed by atoms with E-state index in [0.717, 1.165) is 18.7 Å². The molecule has 1 saturated heterocycles. The van der Waals surface area contributed by atoms with Gasteiger partial charge in [0.15, 0.2) is 0 Å². The van der Waals surface area contributed by atoms with Crippen LogP contribution in [0.1, 0.15) is 45.9 Å². The minimum atomic E-state index is 0.183. The second-order valence-electron chi connectivity index (χ2n) is 5.93. The third-order valence-corrected chi connectivity index (χ3v) is 4.46. The van der Waals surface area contributed by atoms with E-state index in [-0.39, 0.29) is 5.91 Å². The molecule has 0 aromatic carbocycles. The highest BCUT2D eigenvalue weighted by Gasteiger charge is 2.22. The van der Waals surface area contributed by atoms with Crippen LogP contribution in [0.4, 0.5) is 0 Å². The number of carbonyl (C=O) groups excluding carboxylic acids is 1. The quantitative estimate of drug-likeness (QED) is 0.724. The zero-order valence-electron chi connectivity index (χ0n) is 12.5. The molecule has 2 heterocycles. The van der Waals surface area contributed by atoms with Gasteiger partial charge in [0, 0.05) is 18.7 Å². The molecule has 1 aromatic rings. The Morgan fingerprint density at radius 1 is 1.35 bits per heavy atom. The van der Waals surface area contributed by atoms with Crippen LogP contribution in [-0.4, -0.2) is 33.3 Å². The molecule has 1 fully saturated rings. The first kappa shape index (κ1) is 15.4. The third-order valence-electron chi connectivity index (χ3n) is 3.31. The Kier molecular flexibility index (Phi) is 5.46. The number of hydrogen-bond donors (Lipinski definition) is 0. The van der Waals surface area contributed by atoms with E-state index in [9.17, 15) is 4.79 Å². The number of nitrogens with zero attached hydrogens (tertiary/aromatic N) is 3. The van der Waals surface area contributed by atoms with Crippen molar-refractivity contribution in [1.29, 1.82) is 0 Å². The van der Waals surface area contributed by atoms with Crippen molar-refractivity contribution < 1.29 is 9.21 Å². The lowest BCUT2D eigenvalue weighted by Gasteiger charge is -2.12. The second kappa shape index (κ2) is 7.11. The summed E-state index contributed by atoms with van der Waals surface area (Å²) in [6.45, 7) is 7.97. The summed E-state index contributed by atoms with van der Waals surface area (Å²) in [5.74, 6) is 3.06. The lowest BCUT2D eigenvalue weighted by atomic mass is 10.0. The van der Waals surface area contributed by atoms with Gasteiger partial charge in [-0.1, -0.05) is 32.5 Å². The SMILES string of the molecule is CC(C)CC(C)CSc1nnc(CN2CCCC2=O)o1. The van der Waals surface area contributed by atoms with Crippen LogP contribution in [0.5, 0.6) is 0 Å². The van der Waals surface area contributed by atoms with Crippen LogP contribution in [0.2, 0.25) is 0 Å². The van der Waals surface area contributed by atoms with Gasteiger partial charge in [-0.15, -0.1) is 10.2 Å². The van der Waals surface area contributed by atoms with E-state index in [1.54, 1.807) is 16.7 Å². The molecular formula is C14H23N3O2S. The predicted molar refractivity (Wildman–Crippen MR) is 78.3 cm³/mol. The van der Waals surface area contributed by atoms with Crippen LogP contribution >= 0.6 is 11.8 Å². The number of amides is 1. The van der Waals surface area contributed by atoms with E-state index < -0.39 is 0 Å². The van der Waals surface area contributed by atoms with Crippen LogP contribution in [0.25, 0.3) is 0 Å². The van der Waals surface area contributed by atoms with Crippen molar-refractivity contribution in [2.75, 3.05) is 12.3 Å². The zero-order chi connectivity index (χ0) is 14.5. The van der Waals surface area contributed by atoms with E-state index in [4.69, 9.17) is 4.42 Å². The first-order valence-electron chi connectivity index (χ1n) is 7.27. The van der Waals surface area contributed by atoms with Gasteiger partial charge in [0.25, 0.3) is 5.22 Å². The molecule has 1 amide bonds. The Hall–Kier alpha value is -1.04. The van der Waals surface area contributed by atoms with Gasteiger partial charge in [0.05, 0.1) is 6.54 Å². The van der Waals surface area contributed by atoms with Crippen LogP contribution in [-0.2, 0) is 11.3 Å². The van der Waals surface area contributed by atoms with Crippen molar-refractivity contribution in [3.63, 3.8) is 0 Å². The molecule has 1 aliphatic heterocycles. The van der Waals surface area contributed by atoms with Crippen LogP contribution in [0.3, 0.4) is 0 Å². The molecule has 1 atom stereocenters. The number of aromatic nitrogens is 2. The molecule has 0 N–H and O–H groups in total. The maximum atomic E-state index is 11.5. The second-order valence-corrected chi connectivity index (χ2v) is 6.90. The molecule has 0 spiro atoms. The molecule has 112 valence electrons. The number of carbonyl (C=O) groups is 1. The molecule has 20 heavy (non-hydrogen) atoms. The van der Waals surface area contributed by atoms with Crippen molar-refractivity contribution in [2.24, 2.45) is 11.8 Å². The van der Waals surface area contributed by atoms with Gasteiger partial charge in [-0.2, -0.15) is 0 Å². The monoisotopic (exact) mass is 297 g/mol. The summed E-state index contributed by atoms with van der Waals surface area (Å²) < 4.78 is 5.60. The number of rotatable bonds is 7. The minimum Gasteiger partial charge on any atom is -0.414 e. The summed E-state index contributed by atoms with van der Waals surface area (Å²) in [6.07, 6.45) is 2.78. The Morgan fingerprint density at radius 3 is 2.80 bits per heavy atom. The fourth-order valence-corrected chi connectivity index (χ4v) is 3.30. The Morgan fingerprint density at radius 2 is 2.15 bits per heavy atom. The molecule has 6 heteroatoms. The standard InChI is InChI=1S/C14H23N3O2S/c1-10(2)7-11(3)9-20-14-16-15-12(19-14)8-17-6-4-5-13(17)18/h10-11H,4-9H2,1-3H3. The average Bonchev–Trinajstić information content (AvgIpc) is 2.97. The van der Waals surface area contributed by atoms with E-state index in [1.165, 1.54) is 6.42 Å².